The summed E-state index contributed by atoms with van der Waals surface area (Å²) in [6.07, 6.45) is 1.58. The number of fused-ring (bicyclic) bond motifs is 1. The Kier molecular flexibility index (Phi) is 4.86. The van der Waals surface area contributed by atoms with E-state index in [1.54, 1.807) is 6.21 Å². The van der Waals surface area contributed by atoms with Crippen molar-refractivity contribution in [1.29, 1.82) is 0 Å². The van der Waals surface area contributed by atoms with Gasteiger partial charge in [0.2, 0.25) is 0 Å². The van der Waals surface area contributed by atoms with Crippen molar-refractivity contribution in [1.82, 2.24) is 10.4 Å². The molecule has 3 aromatic carbocycles. The third kappa shape index (κ3) is 3.74. The first-order chi connectivity index (χ1) is 14.1. The summed E-state index contributed by atoms with van der Waals surface area (Å²) >= 11 is 0. The van der Waals surface area contributed by atoms with Crippen molar-refractivity contribution < 1.29 is 9.72 Å². The van der Waals surface area contributed by atoms with Crippen LogP contribution in [-0.4, -0.2) is 22.0 Å². The molecule has 0 bridgehead atoms. The van der Waals surface area contributed by atoms with Crippen molar-refractivity contribution in [3.05, 3.63) is 100 Å². The maximum absolute atomic E-state index is 12.3. The lowest BCUT2D eigenvalue weighted by Crippen LogP contribution is -2.17. The van der Waals surface area contributed by atoms with E-state index in [9.17, 15) is 14.9 Å². The molecule has 0 radical (unpaired) electrons. The minimum atomic E-state index is -0.544. The number of rotatable bonds is 5. The summed E-state index contributed by atoms with van der Waals surface area (Å²) in [4.78, 5) is 26.0. The smallest absolute Gasteiger partial charge is 0.271 e. The highest BCUT2D eigenvalue weighted by Crippen LogP contribution is 2.28. The van der Waals surface area contributed by atoms with Crippen molar-refractivity contribution in [2.45, 2.75) is 0 Å². The third-order valence-corrected chi connectivity index (χ3v) is 4.49. The average molecular weight is 384 g/mol. The Morgan fingerprint density at radius 2 is 1.76 bits per heavy atom. The van der Waals surface area contributed by atoms with Gasteiger partial charge in [-0.05, 0) is 17.7 Å². The molecule has 7 nitrogen and oxygen atoms in total. The Morgan fingerprint density at radius 3 is 2.55 bits per heavy atom. The molecule has 0 saturated carbocycles. The van der Waals surface area contributed by atoms with Crippen LogP contribution in [0, 0.1) is 10.1 Å². The number of benzene rings is 3. The first-order valence-electron chi connectivity index (χ1n) is 8.87. The van der Waals surface area contributed by atoms with Crippen molar-refractivity contribution in [2.24, 2.45) is 5.10 Å². The van der Waals surface area contributed by atoms with Gasteiger partial charge in [0.15, 0.2) is 0 Å². The van der Waals surface area contributed by atoms with Crippen LogP contribution < -0.4 is 5.43 Å². The van der Waals surface area contributed by atoms with Crippen LogP contribution in [-0.2, 0) is 0 Å². The lowest BCUT2D eigenvalue weighted by atomic mass is 10.1. The molecule has 0 fully saturated rings. The third-order valence-electron chi connectivity index (χ3n) is 4.49. The van der Waals surface area contributed by atoms with Gasteiger partial charge in [-0.3, -0.25) is 14.9 Å². The Hall–Kier alpha value is -4.26. The molecule has 0 aliphatic rings. The van der Waals surface area contributed by atoms with Gasteiger partial charge in [-0.1, -0.05) is 54.6 Å². The van der Waals surface area contributed by atoms with Gasteiger partial charge < -0.3 is 4.98 Å². The predicted molar refractivity (Wildman–Crippen MR) is 112 cm³/mol. The van der Waals surface area contributed by atoms with E-state index < -0.39 is 10.8 Å². The quantitative estimate of drug-likeness (QED) is 0.301. The number of carbonyl (C=O) groups excluding carboxylic acids is 1. The molecule has 2 N–H and O–H groups in total. The van der Waals surface area contributed by atoms with Crippen LogP contribution >= 0.6 is 0 Å². The van der Waals surface area contributed by atoms with Crippen LogP contribution in [0.4, 0.5) is 5.69 Å². The Bertz CT molecular complexity index is 1230. The van der Waals surface area contributed by atoms with E-state index in [4.69, 9.17) is 0 Å². The lowest BCUT2D eigenvalue weighted by Gasteiger charge is -2.02. The number of hydrogen-bond acceptors (Lipinski definition) is 4. The first kappa shape index (κ1) is 18.1. The van der Waals surface area contributed by atoms with Gasteiger partial charge >= 0.3 is 0 Å². The number of nitro benzene ring substituents is 1. The highest BCUT2D eigenvalue weighted by atomic mass is 16.6. The number of aromatic amines is 1. The molecule has 4 aromatic rings. The minimum Gasteiger partial charge on any atom is -0.354 e. The number of amides is 1. The number of aromatic nitrogens is 1. The second-order valence-corrected chi connectivity index (χ2v) is 6.33. The molecular formula is C22H16N4O3. The molecule has 1 aromatic heterocycles. The zero-order chi connectivity index (χ0) is 20.2. The van der Waals surface area contributed by atoms with Crippen molar-refractivity contribution in [3.8, 4) is 11.3 Å². The van der Waals surface area contributed by atoms with E-state index >= 15 is 0 Å². The van der Waals surface area contributed by atoms with Gasteiger partial charge in [-0.25, -0.2) is 5.43 Å². The van der Waals surface area contributed by atoms with Crippen LogP contribution in [0.25, 0.3) is 22.2 Å². The molecule has 7 heteroatoms. The Morgan fingerprint density at radius 1 is 1.00 bits per heavy atom. The molecule has 1 amide bonds. The van der Waals surface area contributed by atoms with Crippen molar-refractivity contribution in [3.63, 3.8) is 0 Å². The van der Waals surface area contributed by atoms with Gasteiger partial charge in [0.1, 0.15) is 0 Å². The summed E-state index contributed by atoms with van der Waals surface area (Å²) in [6.45, 7) is 0. The Balaban J connectivity index is 1.64. The standard InChI is InChI=1S/C22H16N4O3/c27-22(16-9-6-10-17(13-16)26(28)29)25-23-14-19-18-11-4-5-12-20(18)24-21(19)15-7-2-1-3-8-15/h1-14,24H,(H,25,27)/b23-14+. The summed E-state index contributed by atoms with van der Waals surface area (Å²) in [5, 5.41) is 15.9. The number of H-pyrrole nitrogens is 1. The van der Waals surface area contributed by atoms with E-state index in [-0.39, 0.29) is 11.3 Å². The fourth-order valence-electron chi connectivity index (χ4n) is 3.11. The molecular weight excluding hydrogens is 368 g/mol. The zero-order valence-electron chi connectivity index (χ0n) is 15.2. The second kappa shape index (κ2) is 7.77. The molecule has 1 heterocycles. The number of hydrazone groups is 1. The Labute approximate surface area is 165 Å². The summed E-state index contributed by atoms with van der Waals surface area (Å²) in [6, 6.07) is 23.2. The summed E-state index contributed by atoms with van der Waals surface area (Å²) in [7, 11) is 0. The number of non-ortho nitro benzene ring substituents is 1. The summed E-state index contributed by atoms with van der Waals surface area (Å²) in [5.74, 6) is -0.522. The zero-order valence-corrected chi connectivity index (χ0v) is 15.2. The highest BCUT2D eigenvalue weighted by Gasteiger charge is 2.13. The van der Waals surface area contributed by atoms with Gasteiger partial charge in [-0.15, -0.1) is 0 Å². The molecule has 0 aliphatic heterocycles. The lowest BCUT2D eigenvalue weighted by molar-refractivity contribution is -0.384. The van der Waals surface area contributed by atoms with E-state index in [1.165, 1.54) is 24.3 Å². The predicted octanol–water partition coefficient (Wildman–Crippen LogP) is 4.51. The topological polar surface area (TPSA) is 100 Å². The van der Waals surface area contributed by atoms with E-state index in [1.807, 2.05) is 54.6 Å². The largest absolute Gasteiger partial charge is 0.354 e. The fraction of sp³-hybridized carbons (Fsp3) is 0. The summed E-state index contributed by atoms with van der Waals surface area (Å²) in [5.41, 5.74) is 6.14. The molecule has 0 spiro atoms. The number of nitrogens with one attached hydrogen (secondary N) is 2. The van der Waals surface area contributed by atoms with Crippen molar-refractivity contribution >= 4 is 28.7 Å². The minimum absolute atomic E-state index is 0.148. The van der Waals surface area contributed by atoms with Gasteiger partial charge in [0.05, 0.1) is 16.8 Å². The molecule has 4 rings (SSSR count). The van der Waals surface area contributed by atoms with Crippen LogP contribution in [0.3, 0.4) is 0 Å². The number of hydrogen-bond donors (Lipinski definition) is 2. The first-order valence-corrected chi connectivity index (χ1v) is 8.87. The van der Waals surface area contributed by atoms with Gasteiger partial charge in [0, 0.05) is 34.2 Å². The molecule has 0 aliphatic carbocycles. The van der Waals surface area contributed by atoms with Crippen LogP contribution in [0.5, 0.6) is 0 Å². The number of nitro groups is 1. The SMILES string of the molecule is O=C(N/N=C/c1c(-c2ccccc2)[nH]c2ccccc12)c1cccc([N+](=O)[O-])c1. The van der Waals surface area contributed by atoms with E-state index in [2.05, 4.69) is 15.5 Å². The average Bonchev–Trinajstić information content (AvgIpc) is 3.13. The van der Waals surface area contributed by atoms with Crippen LogP contribution in [0.15, 0.2) is 84.0 Å². The number of carbonyl (C=O) groups is 1. The normalized spacial score (nSPS) is 11.0. The summed E-state index contributed by atoms with van der Waals surface area (Å²) < 4.78 is 0. The second-order valence-electron chi connectivity index (χ2n) is 6.33. The van der Waals surface area contributed by atoms with E-state index in [0.29, 0.717) is 0 Å². The van der Waals surface area contributed by atoms with Crippen LogP contribution in [0.2, 0.25) is 0 Å². The van der Waals surface area contributed by atoms with Crippen LogP contribution in [0.1, 0.15) is 15.9 Å². The molecule has 0 atom stereocenters. The molecule has 0 unspecified atom stereocenters. The molecule has 0 saturated heterocycles. The molecule has 142 valence electrons. The molecule has 29 heavy (non-hydrogen) atoms. The van der Waals surface area contributed by atoms with E-state index in [0.717, 1.165) is 27.7 Å². The monoisotopic (exact) mass is 384 g/mol. The number of nitrogens with zero attached hydrogens (tertiary/aromatic N) is 2. The fourth-order valence-corrected chi connectivity index (χ4v) is 3.11. The van der Waals surface area contributed by atoms with Gasteiger partial charge in [0.25, 0.3) is 11.6 Å². The van der Waals surface area contributed by atoms with Gasteiger partial charge in [-0.2, -0.15) is 5.10 Å². The maximum atomic E-state index is 12.3. The number of para-hydroxylation sites is 1. The highest BCUT2D eigenvalue weighted by molar-refractivity contribution is 6.06. The van der Waals surface area contributed by atoms with Crippen molar-refractivity contribution in [2.75, 3.05) is 0 Å². The maximum Gasteiger partial charge on any atom is 0.271 e.